The molecule has 3 rings (SSSR count). The van der Waals surface area contributed by atoms with Crippen LogP contribution in [0, 0.1) is 6.92 Å². The summed E-state index contributed by atoms with van der Waals surface area (Å²) < 4.78 is 14.3. The Bertz CT molecular complexity index is 741. The molecule has 31 heavy (non-hydrogen) atoms. The number of rotatable bonds is 8. The number of likely N-dealkylation sites (N-methyl/N-ethyl adjacent to an activating group) is 1. The molecule has 4 atom stereocenters. The van der Waals surface area contributed by atoms with Gasteiger partial charge in [-0.05, 0) is 52.1 Å². The Morgan fingerprint density at radius 2 is 2.03 bits per heavy atom. The third-order valence-corrected chi connectivity index (χ3v) is 8.34. The summed E-state index contributed by atoms with van der Waals surface area (Å²) in [5, 5.41) is 15.9. The summed E-state index contributed by atoms with van der Waals surface area (Å²) in [4.78, 5) is 7.38. The Morgan fingerprint density at radius 1 is 1.23 bits per heavy atom. The SMILES string of the molecule is CCN1CCCC1CNC(=NCc1nnc(C)n1C)NC1CCCC(S(=O)CC)C1.I. The first kappa shape index (κ1) is 26.5. The molecule has 178 valence electrons. The van der Waals surface area contributed by atoms with Crippen molar-refractivity contribution in [2.45, 2.75) is 83.2 Å². The Balaban J connectivity index is 0.00000341. The minimum atomic E-state index is -0.723. The van der Waals surface area contributed by atoms with E-state index in [-0.39, 0.29) is 24.0 Å². The maximum Gasteiger partial charge on any atom is 0.191 e. The largest absolute Gasteiger partial charge is 0.355 e. The van der Waals surface area contributed by atoms with E-state index in [0.717, 1.165) is 62.1 Å². The quantitative estimate of drug-likeness (QED) is 0.286. The van der Waals surface area contributed by atoms with Crippen molar-refractivity contribution in [1.29, 1.82) is 0 Å². The highest BCUT2D eigenvalue weighted by molar-refractivity contribution is 14.0. The van der Waals surface area contributed by atoms with E-state index in [9.17, 15) is 4.21 Å². The molecule has 8 nitrogen and oxygen atoms in total. The van der Waals surface area contributed by atoms with Gasteiger partial charge in [-0.15, -0.1) is 34.2 Å². The van der Waals surface area contributed by atoms with Gasteiger partial charge in [0.25, 0.3) is 0 Å². The first-order valence-electron chi connectivity index (χ1n) is 11.5. The maximum absolute atomic E-state index is 12.3. The highest BCUT2D eigenvalue weighted by Gasteiger charge is 2.27. The molecule has 10 heteroatoms. The van der Waals surface area contributed by atoms with E-state index in [1.165, 1.54) is 19.4 Å². The van der Waals surface area contributed by atoms with Crippen LogP contribution in [0.2, 0.25) is 0 Å². The van der Waals surface area contributed by atoms with Crippen molar-refractivity contribution in [3.8, 4) is 0 Å². The van der Waals surface area contributed by atoms with E-state index >= 15 is 0 Å². The summed E-state index contributed by atoms with van der Waals surface area (Å²) in [5.74, 6) is 3.34. The first-order chi connectivity index (χ1) is 14.5. The fraction of sp³-hybridized carbons (Fsp3) is 0.857. The lowest BCUT2D eigenvalue weighted by molar-refractivity contribution is 0.266. The zero-order valence-electron chi connectivity index (χ0n) is 19.5. The molecule has 2 fully saturated rings. The molecular formula is C21H40IN7OS. The van der Waals surface area contributed by atoms with Gasteiger partial charge in [-0.3, -0.25) is 9.11 Å². The minimum Gasteiger partial charge on any atom is -0.355 e. The third kappa shape index (κ3) is 7.38. The predicted molar refractivity (Wildman–Crippen MR) is 138 cm³/mol. The smallest absolute Gasteiger partial charge is 0.191 e. The lowest BCUT2D eigenvalue weighted by Crippen LogP contribution is -2.49. The Morgan fingerprint density at radius 3 is 2.71 bits per heavy atom. The number of nitrogens with zero attached hydrogens (tertiary/aromatic N) is 5. The van der Waals surface area contributed by atoms with Gasteiger partial charge in [0.2, 0.25) is 0 Å². The van der Waals surface area contributed by atoms with E-state index in [4.69, 9.17) is 4.99 Å². The third-order valence-electron chi connectivity index (χ3n) is 6.59. The van der Waals surface area contributed by atoms with E-state index in [1.807, 2.05) is 25.5 Å². The van der Waals surface area contributed by atoms with Crippen LogP contribution in [0.3, 0.4) is 0 Å². The van der Waals surface area contributed by atoms with Gasteiger partial charge in [0.05, 0.1) is 0 Å². The topological polar surface area (TPSA) is 87.4 Å². The highest BCUT2D eigenvalue weighted by Crippen LogP contribution is 2.23. The summed E-state index contributed by atoms with van der Waals surface area (Å²) >= 11 is 0. The van der Waals surface area contributed by atoms with Gasteiger partial charge in [0.1, 0.15) is 12.4 Å². The van der Waals surface area contributed by atoms with Crippen LogP contribution in [-0.2, 0) is 24.4 Å². The van der Waals surface area contributed by atoms with Gasteiger partial charge < -0.3 is 15.2 Å². The fourth-order valence-electron chi connectivity index (χ4n) is 4.59. The molecule has 0 bridgehead atoms. The fourth-order valence-corrected chi connectivity index (χ4v) is 5.94. The normalized spacial score (nSPS) is 25.8. The zero-order chi connectivity index (χ0) is 21.5. The molecule has 2 aliphatic rings. The summed E-state index contributed by atoms with van der Waals surface area (Å²) in [6, 6.07) is 0.878. The minimum absolute atomic E-state index is 0. The van der Waals surface area contributed by atoms with Crippen LogP contribution in [0.5, 0.6) is 0 Å². The predicted octanol–water partition coefficient (Wildman–Crippen LogP) is 2.34. The highest BCUT2D eigenvalue weighted by atomic mass is 127. The van der Waals surface area contributed by atoms with E-state index in [2.05, 4.69) is 32.7 Å². The molecule has 2 heterocycles. The van der Waals surface area contributed by atoms with E-state index in [1.54, 1.807) is 0 Å². The van der Waals surface area contributed by atoms with Crippen LogP contribution >= 0.6 is 24.0 Å². The summed E-state index contributed by atoms with van der Waals surface area (Å²) in [7, 11) is 1.25. The molecule has 0 spiro atoms. The summed E-state index contributed by atoms with van der Waals surface area (Å²) in [5.41, 5.74) is 0. The first-order valence-corrected chi connectivity index (χ1v) is 12.9. The zero-order valence-corrected chi connectivity index (χ0v) is 22.6. The number of halogens is 1. The molecular weight excluding hydrogens is 525 g/mol. The number of hydrogen-bond acceptors (Lipinski definition) is 5. The summed E-state index contributed by atoms with van der Waals surface area (Å²) in [6.45, 7) is 9.88. The monoisotopic (exact) mass is 565 g/mol. The van der Waals surface area contributed by atoms with Crippen molar-refractivity contribution < 1.29 is 4.21 Å². The Hall–Kier alpha value is -0.750. The average molecular weight is 566 g/mol. The molecule has 0 radical (unpaired) electrons. The number of hydrogen-bond donors (Lipinski definition) is 2. The second-order valence-electron chi connectivity index (χ2n) is 8.49. The lowest BCUT2D eigenvalue weighted by Gasteiger charge is -2.31. The van der Waals surface area contributed by atoms with Crippen LogP contribution in [0.15, 0.2) is 4.99 Å². The standard InChI is InChI=1S/C21H39N7OS.HI/c1-5-28-12-8-10-18(28)14-22-21(23-15-20-26-25-16(3)27(20)4)24-17-9-7-11-19(13-17)30(29)6-2;/h17-19H,5-15H2,1-4H3,(H2,22,23,24);1H. The van der Waals surface area contributed by atoms with Crippen LogP contribution in [0.1, 0.15) is 64.0 Å². The van der Waals surface area contributed by atoms with Crippen molar-refractivity contribution in [1.82, 2.24) is 30.3 Å². The van der Waals surface area contributed by atoms with Crippen molar-refractivity contribution >= 4 is 40.7 Å². The van der Waals surface area contributed by atoms with Gasteiger partial charge in [-0.25, -0.2) is 4.99 Å². The van der Waals surface area contributed by atoms with Gasteiger partial charge in [-0.1, -0.05) is 20.3 Å². The maximum atomic E-state index is 12.3. The van der Waals surface area contributed by atoms with Crippen molar-refractivity contribution in [2.24, 2.45) is 12.0 Å². The molecule has 1 saturated carbocycles. The van der Waals surface area contributed by atoms with Crippen LogP contribution < -0.4 is 10.6 Å². The number of guanidine groups is 1. The van der Waals surface area contributed by atoms with Gasteiger partial charge in [0, 0.05) is 47.5 Å². The Labute approximate surface area is 206 Å². The second kappa shape index (κ2) is 13.1. The Kier molecular flexibility index (Phi) is 11.2. The van der Waals surface area contributed by atoms with Crippen molar-refractivity contribution in [3.05, 3.63) is 11.6 Å². The van der Waals surface area contributed by atoms with E-state index < -0.39 is 10.8 Å². The molecule has 2 N–H and O–H groups in total. The number of nitrogens with one attached hydrogen (secondary N) is 2. The average Bonchev–Trinajstić information content (AvgIpc) is 3.36. The molecule has 1 aliphatic carbocycles. The van der Waals surface area contributed by atoms with E-state index in [0.29, 0.717) is 23.9 Å². The lowest BCUT2D eigenvalue weighted by atomic mass is 9.95. The number of aromatic nitrogens is 3. The van der Waals surface area contributed by atoms with Gasteiger partial charge >= 0.3 is 0 Å². The molecule has 4 unspecified atom stereocenters. The summed E-state index contributed by atoms with van der Waals surface area (Å²) in [6.07, 6.45) is 6.75. The van der Waals surface area contributed by atoms with Gasteiger partial charge in [-0.2, -0.15) is 0 Å². The molecule has 1 aliphatic heterocycles. The number of aryl methyl sites for hydroxylation is 1. The molecule has 1 saturated heterocycles. The number of likely N-dealkylation sites (tertiary alicyclic amines) is 1. The van der Waals surface area contributed by atoms with Crippen LogP contribution in [0.4, 0.5) is 0 Å². The van der Waals surface area contributed by atoms with Crippen molar-refractivity contribution in [2.75, 3.05) is 25.4 Å². The van der Waals surface area contributed by atoms with Gasteiger partial charge in [0.15, 0.2) is 11.8 Å². The number of aliphatic imine (C=N–C) groups is 1. The molecule has 0 aromatic carbocycles. The molecule has 1 aromatic heterocycles. The van der Waals surface area contributed by atoms with Crippen LogP contribution in [-0.4, -0.2) is 72.6 Å². The second-order valence-corrected chi connectivity index (χ2v) is 10.5. The van der Waals surface area contributed by atoms with Crippen LogP contribution in [0.25, 0.3) is 0 Å². The molecule has 0 amide bonds. The van der Waals surface area contributed by atoms with Crippen molar-refractivity contribution in [3.63, 3.8) is 0 Å². The molecule has 1 aromatic rings.